The molecule has 8 amide bonds. The Morgan fingerprint density at radius 3 is 1.81 bits per heavy atom. The number of nitrogens with zero attached hydrogens (tertiary/aromatic N) is 2. The van der Waals surface area contributed by atoms with E-state index in [1.54, 1.807) is 20.1 Å². The Balaban J connectivity index is 2.22. The van der Waals surface area contributed by atoms with Gasteiger partial charge in [-0.1, -0.05) is 13.8 Å². The SMILES string of the molecule is CSCC[C@H](NC(=O)[C@@H](N)CCC(=O)O)C(=O)N[C@H](C(=O)N1CCC[C@H]1C(=O)N[C@@H](C(=O)N[C@@H](CC(N)=O)C(=O)N1CCC[C@H]1C(=O)NCC(=O)O)C(C)C)[C@@H](C)O. The Bertz CT molecular complexity index is 1550. The Hall–Kier alpha value is -5.03. The average Bonchev–Trinajstić information content (AvgIpc) is 3.85. The maximum absolute atomic E-state index is 13.9. The summed E-state index contributed by atoms with van der Waals surface area (Å²) in [5, 5.41) is 40.7. The quantitative estimate of drug-likeness (QED) is 0.0468. The van der Waals surface area contributed by atoms with E-state index < -0.39 is 126 Å². The molecule has 0 unspecified atom stereocenters. The molecule has 2 aliphatic heterocycles. The minimum Gasteiger partial charge on any atom is -0.481 e. The van der Waals surface area contributed by atoms with Crippen LogP contribution in [0.3, 0.4) is 0 Å². The molecule has 0 saturated carbocycles. The van der Waals surface area contributed by atoms with E-state index in [0.29, 0.717) is 18.6 Å². The summed E-state index contributed by atoms with van der Waals surface area (Å²) in [4.78, 5) is 130. The van der Waals surface area contributed by atoms with Crippen LogP contribution in [0.25, 0.3) is 0 Å². The minimum absolute atomic E-state index is 0.0475. The Kier molecular flexibility index (Phi) is 19.8. The van der Waals surface area contributed by atoms with Gasteiger partial charge in [-0.3, -0.25) is 47.9 Å². The molecule has 0 aromatic heterocycles. The highest BCUT2D eigenvalue weighted by Gasteiger charge is 2.43. The number of rotatable bonds is 23. The molecule has 8 atom stereocenters. The molecule has 0 spiro atoms. The van der Waals surface area contributed by atoms with Gasteiger partial charge in [-0.25, -0.2) is 0 Å². The molecule has 58 heavy (non-hydrogen) atoms. The second kappa shape index (κ2) is 23.4. The van der Waals surface area contributed by atoms with Crippen molar-refractivity contribution in [3.05, 3.63) is 0 Å². The number of hydrogen-bond acceptors (Lipinski definition) is 13. The zero-order chi connectivity index (χ0) is 43.9. The normalized spacial score (nSPS) is 19.5. The third kappa shape index (κ3) is 14.7. The Labute approximate surface area is 339 Å². The van der Waals surface area contributed by atoms with Crippen molar-refractivity contribution in [1.29, 1.82) is 0 Å². The molecule has 22 nitrogen and oxygen atoms in total. The van der Waals surface area contributed by atoms with Gasteiger partial charge < -0.3 is 63.2 Å². The van der Waals surface area contributed by atoms with E-state index in [0.717, 1.165) is 9.80 Å². The van der Waals surface area contributed by atoms with Crippen LogP contribution in [0.15, 0.2) is 0 Å². The van der Waals surface area contributed by atoms with E-state index in [2.05, 4.69) is 26.6 Å². The third-order valence-electron chi connectivity index (χ3n) is 9.65. The highest BCUT2D eigenvalue weighted by molar-refractivity contribution is 7.98. The summed E-state index contributed by atoms with van der Waals surface area (Å²) < 4.78 is 0. The van der Waals surface area contributed by atoms with Gasteiger partial charge >= 0.3 is 11.9 Å². The largest absolute Gasteiger partial charge is 0.481 e. The summed E-state index contributed by atoms with van der Waals surface area (Å²) in [6, 6.07) is -9.07. The van der Waals surface area contributed by atoms with Gasteiger partial charge in [0.2, 0.25) is 47.3 Å². The molecule has 326 valence electrons. The number of carboxylic acids is 2. The van der Waals surface area contributed by atoms with Crippen LogP contribution in [0.4, 0.5) is 0 Å². The molecule has 0 aromatic rings. The van der Waals surface area contributed by atoms with Gasteiger partial charge in [0.25, 0.3) is 0 Å². The summed E-state index contributed by atoms with van der Waals surface area (Å²) in [7, 11) is 0. The van der Waals surface area contributed by atoms with E-state index in [1.165, 1.54) is 18.7 Å². The first-order valence-electron chi connectivity index (χ1n) is 18.9. The first-order chi connectivity index (χ1) is 27.2. The predicted molar refractivity (Wildman–Crippen MR) is 206 cm³/mol. The first kappa shape index (κ1) is 49.1. The number of likely N-dealkylation sites (tertiary alicyclic amines) is 2. The zero-order valence-electron chi connectivity index (χ0n) is 33.1. The fraction of sp³-hybridized carbons (Fsp3) is 0.714. The van der Waals surface area contributed by atoms with E-state index in [1.807, 2.05) is 0 Å². The number of nitrogens with two attached hydrogens (primary N) is 2. The van der Waals surface area contributed by atoms with Crippen LogP contribution in [0.1, 0.15) is 72.1 Å². The van der Waals surface area contributed by atoms with Crippen molar-refractivity contribution in [3.8, 4) is 0 Å². The molecule has 2 aliphatic rings. The molecule has 2 saturated heterocycles. The minimum atomic E-state index is -1.57. The van der Waals surface area contributed by atoms with Gasteiger partial charge in [-0.15, -0.1) is 0 Å². The number of primary amides is 1. The van der Waals surface area contributed by atoms with Crippen LogP contribution < -0.4 is 38.1 Å². The zero-order valence-corrected chi connectivity index (χ0v) is 33.9. The van der Waals surface area contributed by atoms with Gasteiger partial charge in [-0.05, 0) is 63.4 Å². The molecular weight excluding hydrogens is 787 g/mol. The lowest BCUT2D eigenvalue weighted by molar-refractivity contribution is -0.145. The van der Waals surface area contributed by atoms with E-state index in [-0.39, 0.29) is 45.2 Å². The molecule has 2 rings (SSSR count). The number of carbonyl (C=O) groups is 10. The number of carbonyl (C=O) groups excluding carboxylic acids is 8. The van der Waals surface area contributed by atoms with Crippen molar-refractivity contribution < 1.29 is 63.3 Å². The fourth-order valence-corrected chi connectivity index (χ4v) is 7.02. The fourth-order valence-electron chi connectivity index (χ4n) is 6.55. The van der Waals surface area contributed by atoms with Crippen molar-refractivity contribution in [3.63, 3.8) is 0 Å². The molecular formula is C35H57N9O13S. The van der Waals surface area contributed by atoms with Gasteiger partial charge in [0, 0.05) is 19.5 Å². The number of thioether (sulfide) groups is 1. The summed E-state index contributed by atoms with van der Waals surface area (Å²) in [5.74, 6) is -9.22. The van der Waals surface area contributed by atoms with Crippen molar-refractivity contribution >= 4 is 71.0 Å². The topological polar surface area (TPSA) is 350 Å². The van der Waals surface area contributed by atoms with Crippen molar-refractivity contribution in [2.24, 2.45) is 17.4 Å². The first-order valence-corrected chi connectivity index (χ1v) is 20.3. The lowest BCUT2D eigenvalue weighted by Gasteiger charge is -2.33. The lowest BCUT2D eigenvalue weighted by Crippen LogP contribution is -2.62. The highest BCUT2D eigenvalue weighted by Crippen LogP contribution is 2.22. The molecule has 0 radical (unpaired) electrons. The molecule has 2 heterocycles. The molecule has 12 N–H and O–H groups in total. The monoisotopic (exact) mass is 843 g/mol. The van der Waals surface area contributed by atoms with Crippen LogP contribution >= 0.6 is 11.8 Å². The maximum atomic E-state index is 13.9. The number of carboxylic acid groups (broad SMARTS) is 2. The Morgan fingerprint density at radius 1 is 0.724 bits per heavy atom. The van der Waals surface area contributed by atoms with Gasteiger partial charge in [-0.2, -0.15) is 11.8 Å². The summed E-state index contributed by atoms with van der Waals surface area (Å²) in [6.07, 6.45) is 0.258. The third-order valence-corrected chi connectivity index (χ3v) is 10.3. The molecule has 0 aromatic carbocycles. The van der Waals surface area contributed by atoms with Crippen molar-refractivity contribution in [2.75, 3.05) is 31.6 Å². The van der Waals surface area contributed by atoms with Crippen molar-refractivity contribution in [1.82, 2.24) is 36.4 Å². The molecule has 0 aliphatic carbocycles. The van der Waals surface area contributed by atoms with Crippen LogP contribution in [0, 0.1) is 5.92 Å². The number of aliphatic carboxylic acids is 2. The van der Waals surface area contributed by atoms with Crippen LogP contribution in [0.5, 0.6) is 0 Å². The van der Waals surface area contributed by atoms with E-state index in [4.69, 9.17) is 21.7 Å². The number of amides is 8. The molecule has 23 heteroatoms. The summed E-state index contributed by atoms with van der Waals surface area (Å²) >= 11 is 1.37. The molecule has 0 bridgehead atoms. The number of aliphatic hydroxyl groups excluding tert-OH is 1. The van der Waals surface area contributed by atoms with Gasteiger partial charge in [0.05, 0.1) is 18.6 Å². The van der Waals surface area contributed by atoms with Crippen LogP contribution in [0.2, 0.25) is 0 Å². The lowest BCUT2D eigenvalue weighted by atomic mass is 10.0. The van der Waals surface area contributed by atoms with Gasteiger partial charge in [0.15, 0.2) is 0 Å². The highest BCUT2D eigenvalue weighted by atomic mass is 32.2. The van der Waals surface area contributed by atoms with Gasteiger partial charge in [0.1, 0.15) is 42.8 Å². The summed E-state index contributed by atoms with van der Waals surface area (Å²) in [6.45, 7) is 3.89. The second-order valence-electron chi connectivity index (χ2n) is 14.6. The van der Waals surface area contributed by atoms with Crippen LogP contribution in [-0.2, 0) is 47.9 Å². The van der Waals surface area contributed by atoms with E-state index in [9.17, 15) is 53.1 Å². The average molecular weight is 844 g/mol. The van der Waals surface area contributed by atoms with Crippen molar-refractivity contribution in [2.45, 2.75) is 121 Å². The number of hydrogen-bond donors (Lipinski definition) is 10. The van der Waals surface area contributed by atoms with Crippen LogP contribution in [-0.4, -0.2) is 164 Å². The smallest absolute Gasteiger partial charge is 0.322 e. The number of aliphatic hydroxyl groups is 1. The predicted octanol–water partition coefficient (Wildman–Crippen LogP) is -4.03. The second-order valence-corrected chi connectivity index (χ2v) is 15.5. The Morgan fingerprint density at radius 2 is 1.29 bits per heavy atom. The maximum Gasteiger partial charge on any atom is 0.322 e. The standard InChI is InChI=1S/C35H57N9O13S/c1-17(2)27(33(55)40-21(15-24(37)46)34(56)43-12-5-7-22(43)31(53)38-16-26(49)50)41-32(54)23-8-6-13-44(23)35(57)28(18(3)45)42-30(52)20(11-14-58-4)39-29(51)19(36)9-10-25(47)48/h17-23,27-28,45H,5-16,36H2,1-4H3,(H2,37,46)(H,38,53)(H,39,51)(H,40,55)(H,41,54)(H,42,52)(H,47,48)(H,49,50)/t18-,19+,20+,21+,22+,23+,27-,28+/m1/s1. The van der Waals surface area contributed by atoms with E-state index >= 15 is 0 Å². The summed E-state index contributed by atoms with van der Waals surface area (Å²) in [5.41, 5.74) is 11.2. The number of nitrogens with one attached hydrogen (secondary N) is 5. The molecule has 2 fully saturated rings.